The molecule has 1 aliphatic heterocycles. The lowest BCUT2D eigenvalue weighted by atomic mass is 9.87. The molecule has 4 heterocycles. The fourth-order valence-electron chi connectivity index (χ4n) is 5.12. The van der Waals surface area contributed by atoms with E-state index in [1.165, 1.54) is 51.8 Å². The van der Waals surface area contributed by atoms with Crippen LogP contribution >= 0.6 is 0 Å². The number of aromatic amines is 3. The van der Waals surface area contributed by atoms with E-state index in [0.29, 0.717) is 11.8 Å². The maximum absolute atomic E-state index is 4.33. The number of hydrogen-bond acceptors (Lipinski definition) is 3. The van der Waals surface area contributed by atoms with Crippen LogP contribution in [-0.4, -0.2) is 43.1 Å². The number of rotatable bonds is 5. The quantitative estimate of drug-likeness (QED) is 0.408. The van der Waals surface area contributed by atoms with Gasteiger partial charge in [-0.2, -0.15) is 5.10 Å². The van der Waals surface area contributed by atoms with Crippen molar-refractivity contribution in [3.63, 3.8) is 0 Å². The molecule has 0 radical (unpaired) electrons. The van der Waals surface area contributed by atoms with Gasteiger partial charge in [-0.1, -0.05) is 19.9 Å². The van der Waals surface area contributed by atoms with Crippen LogP contribution in [0.15, 0.2) is 30.6 Å². The van der Waals surface area contributed by atoms with E-state index in [1.807, 2.05) is 19.3 Å². The molecule has 6 heteroatoms. The molecule has 6 nitrogen and oxygen atoms in total. The number of H-pyrrole nitrogens is 3. The molecule has 0 spiro atoms. The molecule has 3 aromatic heterocycles. The monoisotopic (exact) mass is 416 g/mol. The Kier molecular flexibility index (Phi) is 5.18. The molecule has 1 fully saturated rings. The SMILES string of the molecule is Cc1ncc(CN2CCC(c3ccc4[nH]c(-c5cn[nH]c5C)c(C(C)C)c4c3)CC2)[nH]1. The lowest BCUT2D eigenvalue weighted by Crippen LogP contribution is -2.32. The maximum Gasteiger partial charge on any atom is 0.103 e. The number of aryl methyl sites for hydroxylation is 2. The molecule has 31 heavy (non-hydrogen) atoms. The molecule has 1 aliphatic rings. The van der Waals surface area contributed by atoms with E-state index in [1.54, 1.807) is 0 Å². The summed E-state index contributed by atoms with van der Waals surface area (Å²) in [5.74, 6) is 2.06. The van der Waals surface area contributed by atoms with Crippen LogP contribution in [0.2, 0.25) is 0 Å². The van der Waals surface area contributed by atoms with E-state index < -0.39 is 0 Å². The molecule has 4 aromatic rings. The van der Waals surface area contributed by atoms with E-state index in [2.05, 4.69) is 69.0 Å². The average Bonchev–Trinajstić information content (AvgIpc) is 3.45. The number of nitrogens with zero attached hydrogens (tertiary/aromatic N) is 3. The molecule has 5 rings (SSSR count). The van der Waals surface area contributed by atoms with Crippen LogP contribution in [0.4, 0.5) is 0 Å². The second-order valence-corrected chi connectivity index (χ2v) is 9.33. The Hall–Kier alpha value is -2.86. The Morgan fingerprint density at radius 2 is 1.90 bits per heavy atom. The van der Waals surface area contributed by atoms with Gasteiger partial charge in [0.2, 0.25) is 0 Å². The van der Waals surface area contributed by atoms with Gasteiger partial charge < -0.3 is 9.97 Å². The van der Waals surface area contributed by atoms with Crippen molar-refractivity contribution < 1.29 is 0 Å². The first-order valence-corrected chi connectivity index (χ1v) is 11.4. The molecular weight excluding hydrogens is 384 g/mol. The van der Waals surface area contributed by atoms with Crippen molar-refractivity contribution in [2.75, 3.05) is 13.1 Å². The minimum Gasteiger partial charge on any atom is -0.354 e. The van der Waals surface area contributed by atoms with Crippen molar-refractivity contribution >= 4 is 10.9 Å². The van der Waals surface area contributed by atoms with Gasteiger partial charge in [0.1, 0.15) is 5.82 Å². The van der Waals surface area contributed by atoms with Crippen LogP contribution in [0.3, 0.4) is 0 Å². The second kappa shape index (κ2) is 8.00. The first kappa shape index (κ1) is 20.1. The van der Waals surface area contributed by atoms with Gasteiger partial charge in [0.05, 0.1) is 11.9 Å². The Morgan fingerprint density at radius 1 is 1.10 bits per heavy atom. The topological polar surface area (TPSA) is 76.4 Å². The van der Waals surface area contributed by atoms with Crippen LogP contribution in [-0.2, 0) is 6.54 Å². The summed E-state index contributed by atoms with van der Waals surface area (Å²) in [6.45, 7) is 11.9. The lowest BCUT2D eigenvalue weighted by molar-refractivity contribution is 0.203. The van der Waals surface area contributed by atoms with Gasteiger partial charge in [0.15, 0.2) is 0 Å². The van der Waals surface area contributed by atoms with Crippen molar-refractivity contribution in [2.24, 2.45) is 0 Å². The highest BCUT2D eigenvalue weighted by Gasteiger charge is 2.23. The minimum absolute atomic E-state index is 0.438. The predicted molar refractivity (Wildman–Crippen MR) is 125 cm³/mol. The molecule has 0 atom stereocenters. The second-order valence-electron chi connectivity index (χ2n) is 9.33. The molecule has 0 bridgehead atoms. The zero-order valence-corrected chi connectivity index (χ0v) is 18.9. The van der Waals surface area contributed by atoms with Crippen LogP contribution in [0.1, 0.15) is 66.9 Å². The lowest BCUT2D eigenvalue weighted by Gasteiger charge is -2.32. The minimum atomic E-state index is 0.438. The number of imidazole rings is 1. The standard InChI is InChI=1S/C25H32N6/c1-15(2)24-21-11-19(5-6-23(21)29-25(24)22-13-27-30-16(22)3)18-7-9-31(10-8-18)14-20-12-26-17(4)28-20/h5-6,11-13,15,18,29H,7-10,14H2,1-4H3,(H,26,28)(H,27,30). The highest BCUT2D eigenvalue weighted by molar-refractivity contribution is 5.92. The van der Waals surface area contributed by atoms with Gasteiger partial charge in [0, 0.05) is 40.6 Å². The third-order valence-electron chi connectivity index (χ3n) is 6.75. The maximum atomic E-state index is 4.33. The summed E-state index contributed by atoms with van der Waals surface area (Å²) < 4.78 is 0. The van der Waals surface area contributed by atoms with Crippen LogP contribution in [0.25, 0.3) is 22.2 Å². The predicted octanol–water partition coefficient (Wildman–Crippen LogP) is 5.40. The number of nitrogens with one attached hydrogen (secondary N) is 3. The fraction of sp³-hybridized carbons (Fsp3) is 0.440. The number of piperidine rings is 1. The van der Waals surface area contributed by atoms with Crippen molar-refractivity contribution in [3.8, 4) is 11.3 Å². The third kappa shape index (κ3) is 3.81. The third-order valence-corrected chi connectivity index (χ3v) is 6.75. The van der Waals surface area contributed by atoms with Gasteiger partial charge in [-0.3, -0.25) is 10.00 Å². The van der Waals surface area contributed by atoms with E-state index in [9.17, 15) is 0 Å². The van der Waals surface area contributed by atoms with Crippen LogP contribution in [0, 0.1) is 13.8 Å². The summed E-state index contributed by atoms with van der Waals surface area (Å²) >= 11 is 0. The summed E-state index contributed by atoms with van der Waals surface area (Å²) in [6.07, 6.45) is 6.30. The molecular formula is C25H32N6. The number of likely N-dealkylation sites (tertiary alicyclic amines) is 1. The molecule has 1 saturated heterocycles. The highest BCUT2D eigenvalue weighted by Crippen LogP contribution is 2.38. The Balaban J connectivity index is 1.39. The molecule has 0 unspecified atom stereocenters. The van der Waals surface area contributed by atoms with Crippen LogP contribution in [0.5, 0.6) is 0 Å². The molecule has 0 saturated carbocycles. The summed E-state index contributed by atoms with van der Waals surface area (Å²) in [6, 6.07) is 7.04. The fourth-order valence-corrected chi connectivity index (χ4v) is 5.12. The summed E-state index contributed by atoms with van der Waals surface area (Å²) in [7, 11) is 0. The van der Waals surface area contributed by atoms with Crippen molar-refractivity contribution in [2.45, 2.75) is 58.9 Å². The molecule has 162 valence electrons. The van der Waals surface area contributed by atoms with E-state index >= 15 is 0 Å². The number of aromatic nitrogens is 5. The molecule has 0 aliphatic carbocycles. The van der Waals surface area contributed by atoms with Gasteiger partial charge in [-0.15, -0.1) is 0 Å². The Labute approximate surface area is 183 Å². The van der Waals surface area contributed by atoms with Gasteiger partial charge in [-0.05, 0) is 74.9 Å². The average molecular weight is 417 g/mol. The van der Waals surface area contributed by atoms with Gasteiger partial charge in [-0.25, -0.2) is 4.98 Å². The normalized spacial score (nSPS) is 16.0. The summed E-state index contributed by atoms with van der Waals surface area (Å²) in [4.78, 5) is 13.9. The molecule has 0 amide bonds. The van der Waals surface area contributed by atoms with Crippen molar-refractivity contribution in [1.82, 2.24) is 30.0 Å². The molecule has 3 N–H and O–H groups in total. The van der Waals surface area contributed by atoms with Gasteiger partial charge >= 0.3 is 0 Å². The van der Waals surface area contributed by atoms with Crippen molar-refractivity contribution in [1.29, 1.82) is 0 Å². The number of hydrogen-bond donors (Lipinski definition) is 3. The Morgan fingerprint density at radius 3 is 2.55 bits per heavy atom. The number of fused-ring (bicyclic) bond motifs is 1. The smallest absolute Gasteiger partial charge is 0.103 e. The van der Waals surface area contributed by atoms with Crippen LogP contribution < -0.4 is 0 Å². The van der Waals surface area contributed by atoms with E-state index in [0.717, 1.165) is 31.2 Å². The zero-order valence-electron chi connectivity index (χ0n) is 18.9. The Bertz CT molecular complexity index is 1190. The zero-order chi connectivity index (χ0) is 21.5. The van der Waals surface area contributed by atoms with Crippen molar-refractivity contribution in [3.05, 3.63) is 58.9 Å². The molecule has 1 aromatic carbocycles. The number of benzene rings is 1. The largest absolute Gasteiger partial charge is 0.354 e. The first-order valence-electron chi connectivity index (χ1n) is 11.4. The highest BCUT2D eigenvalue weighted by atomic mass is 15.1. The van der Waals surface area contributed by atoms with Gasteiger partial charge in [0.25, 0.3) is 0 Å². The first-order chi connectivity index (χ1) is 15.0. The van der Waals surface area contributed by atoms with E-state index in [4.69, 9.17) is 0 Å². The van der Waals surface area contributed by atoms with E-state index in [-0.39, 0.29) is 0 Å². The summed E-state index contributed by atoms with van der Waals surface area (Å²) in [5, 5.41) is 8.68. The summed E-state index contributed by atoms with van der Waals surface area (Å²) in [5.41, 5.74) is 8.79.